The molecule has 0 bridgehead atoms. The summed E-state index contributed by atoms with van der Waals surface area (Å²) >= 11 is 5.80. The molecule has 0 aromatic heterocycles. The third-order valence-electron chi connectivity index (χ3n) is 3.13. The van der Waals surface area contributed by atoms with Gasteiger partial charge in [-0.25, -0.2) is 4.39 Å². The molecule has 2 rings (SSSR count). The molecule has 0 amide bonds. The van der Waals surface area contributed by atoms with Crippen LogP contribution in [0.25, 0.3) is 0 Å². The highest BCUT2D eigenvalue weighted by molar-refractivity contribution is 6.30. The monoisotopic (exact) mass is 287 g/mol. The average molecular weight is 288 g/mol. The first-order valence-electron chi connectivity index (χ1n) is 6.59. The van der Waals surface area contributed by atoms with Gasteiger partial charge in [0.1, 0.15) is 5.82 Å². The fourth-order valence-corrected chi connectivity index (χ4v) is 2.46. The summed E-state index contributed by atoms with van der Waals surface area (Å²) in [5, 5.41) is 3.56. The van der Waals surface area contributed by atoms with Gasteiger partial charge in [-0.05, 0) is 30.7 Å². The zero-order valence-electron chi connectivity index (χ0n) is 11.0. The normalized spacial score (nSPS) is 17.8. The number of nitrogens with one attached hydrogen (secondary N) is 1. The van der Waals surface area contributed by atoms with Gasteiger partial charge < -0.3 is 14.8 Å². The maximum absolute atomic E-state index is 13.1. The molecule has 1 unspecified atom stereocenters. The summed E-state index contributed by atoms with van der Waals surface area (Å²) in [5.41, 5.74) is 1.01. The van der Waals surface area contributed by atoms with Gasteiger partial charge in [0.15, 0.2) is 6.29 Å². The molecule has 1 aromatic carbocycles. The molecule has 1 aliphatic heterocycles. The first-order valence-corrected chi connectivity index (χ1v) is 6.97. The third kappa shape index (κ3) is 4.42. The zero-order valence-corrected chi connectivity index (χ0v) is 11.8. The Bertz CT molecular complexity index is 410. The lowest BCUT2D eigenvalue weighted by Crippen LogP contribution is -2.34. The smallest absolute Gasteiger partial charge is 0.159 e. The van der Waals surface area contributed by atoms with Crippen molar-refractivity contribution >= 4 is 11.6 Å². The molecular weight excluding hydrogens is 269 g/mol. The van der Waals surface area contributed by atoms with Gasteiger partial charge in [0.2, 0.25) is 0 Å². The number of likely N-dealkylation sites (N-methyl/N-ethyl adjacent to an activating group) is 1. The highest BCUT2D eigenvalue weighted by Gasteiger charge is 2.21. The van der Waals surface area contributed by atoms with E-state index in [4.69, 9.17) is 21.1 Å². The number of hydrogen-bond acceptors (Lipinski definition) is 3. The summed E-state index contributed by atoms with van der Waals surface area (Å²) in [4.78, 5) is 0. The number of benzene rings is 1. The predicted octanol–water partition coefficient (Wildman–Crippen LogP) is 2.76. The molecule has 19 heavy (non-hydrogen) atoms. The van der Waals surface area contributed by atoms with Crippen molar-refractivity contribution in [1.82, 2.24) is 5.32 Å². The minimum atomic E-state index is -0.382. The van der Waals surface area contributed by atoms with Gasteiger partial charge in [0.05, 0.1) is 18.2 Å². The van der Waals surface area contributed by atoms with E-state index in [1.807, 2.05) is 0 Å². The maximum Gasteiger partial charge on any atom is 0.159 e. The van der Waals surface area contributed by atoms with Crippen molar-refractivity contribution in [2.75, 3.05) is 19.8 Å². The van der Waals surface area contributed by atoms with Crippen LogP contribution in [0.1, 0.15) is 18.9 Å². The Balaban J connectivity index is 1.96. The average Bonchev–Trinajstić information content (AvgIpc) is 2.87. The lowest BCUT2D eigenvalue weighted by Gasteiger charge is -2.21. The molecule has 1 fully saturated rings. The van der Waals surface area contributed by atoms with Crippen LogP contribution in [0.15, 0.2) is 18.2 Å². The van der Waals surface area contributed by atoms with Crippen LogP contribution in [0.3, 0.4) is 0 Å². The van der Waals surface area contributed by atoms with E-state index in [1.165, 1.54) is 6.07 Å². The molecule has 0 aliphatic carbocycles. The van der Waals surface area contributed by atoms with E-state index >= 15 is 0 Å². The highest BCUT2D eigenvalue weighted by atomic mass is 35.5. The first kappa shape index (κ1) is 14.7. The van der Waals surface area contributed by atoms with Crippen LogP contribution >= 0.6 is 11.6 Å². The van der Waals surface area contributed by atoms with Crippen molar-refractivity contribution in [2.45, 2.75) is 32.1 Å². The van der Waals surface area contributed by atoms with E-state index in [0.717, 1.165) is 24.9 Å². The SMILES string of the molecule is CCNC(Cc1ccc(F)c(Cl)c1)CC1OCCO1. The van der Waals surface area contributed by atoms with Crippen LogP contribution in [-0.4, -0.2) is 32.1 Å². The minimum absolute atomic E-state index is 0.139. The molecule has 1 aromatic rings. The molecule has 1 atom stereocenters. The quantitative estimate of drug-likeness (QED) is 0.873. The fraction of sp³-hybridized carbons (Fsp3) is 0.571. The van der Waals surface area contributed by atoms with Crippen molar-refractivity contribution in [3.63, 3.8) is 0 Å². The molecule has 3 nitrogen and oxygen atoms in total. The number of halogens is 2. The summed E-state index contributed by atoms with van der Waals surface area (Å²) in [6.07, 6.45) is 1.42. The minimum Gasteiger partial charge on any atom is -0.350 e. The maximum atomic E-state index is 13.1. The van der Waals surface area contributed by atoms with Crippen LogP contribution in [0.2, 0.25) is 5.02 Å². The van der Waals surface area contributed by atoms with Crippen molar-refractivity contribution < 1.29 is 13.9 Å². The summed E-state index contributed by atoms with van der Waals surface area (Å²) in [7, 11) is 0. The van der Waals surface area contributed by atoms with Crippen LogP contribution in [0.4, 0.5) is 4.39 Å². The first-order chi connectivity index (χ1) is 9.19. The van der Waals surface area contributed by atoms with Gasteiger partial charge in [-0.2, -0.15) is 0 Å². The van der Waals surface area contributed by atoms with E-state index in [-0.39, 0.29) is 23.2 Å². The Morgan fingerprint density at radius 3 is 2.79 bits per heavy atom. The lowest BCUT2D eigenvalue weighted by molar-refractivity contribution is -0.0525. The molecule has 1 saturated heterocycles. The molecule has 0 saturated carbocycles. The van der Waals surface area contributed by atoms with Crippen molar-refractivity contribution in [3.8, 4) is 0 Å². The molecule has 5 heteroatoms. The lowest BCUT2D eigenvalue weighted by atomic mass is 10.0. The number of rotatable bonds is 6. The second-order valence-corrected chi connectivity index (χ2v) is 5.02. The summed E-state index contributed by atoms with van der Waals surface area (Å²) in [5.74, 6) is -0.382. The van der Waals surface area contributed by atoms with Crippen LogP contribution in [0.5, 0.6) is 0 Å². The van der Waals surface area contributed by atoms with Gasteiger partial charge in [-0.15, -0.1) is 0 Å². The van der Waals surface area contributed by atoms with Crippen molar-refractivity contribution in [1.29, 1.82) is 0 Å². The molecule has 0 spiro atoms. The van der Waals surface area contributed by atoms with E-state index < -0.39 is 0 Å². The van der Waals surface area contributed by atoms with Gasteiger partial charge >= 0.3 is 0 Å². The van der Waals surface area contributed by atoms with Crippen LogP contribution < -0.4 is 5.32 Å². The van der Waals surface area contributed by atoms with Gasteiger partial charge in [0, 0.05) is 12.5 Å². The van der Waals surface area contributed by atoms with Crippen LogP contribution in [-0.2, 0) is 15.9 Å². The van der Waals surface area contributed by atoms with Crippen molar-refractivity contribution in [2.24, 2.45) is 0 Å². The van der Waals surface area contributed by atoms with Gasteiger partial charge in [-0.1, -0.05) is 24.6 Å². The van der Waals surface area contributed by atoms with E-state index in [9.17, 15) is 4.39 Å². The van der Waals surface area contributed by atoms with E-state index in [2.05, 4.69) is 12.2 Å². The predicted molar refractivity (Wildman–Crippen MR) is 72.9 cm³/mol. The molecule has 1 N–H and O–H groups in total. The Morgan fingerprint density at radius 2 is 2.16 bits per heavy atom. The molecular formula is C14H19ClFNO2. The summed E-state index contributed by atoms with van der Waals surface area (Å²) in [6, 6.07) is 5.08. The Kier molecular flexibility index (Phi) is 5.58. The molecule has 106 valence electrons. The topological polar surface area (TPSA) is 30.5 Å². The fourth-order valence-electron chi connectivity index (χ4n) is 2.25. The van der Waals surface area contributed by atoms with Gasteiger partial charge in [-0.3, -0.25) is 0 Å². The second-order valence-electron chi connectivity index (χ2n) is 4.61. The zero-order chi connectivity index (χ0) is 13.7. The van der Waals surface area contributed by atoms with Crippen LogP contribution in [0, 0.1) is 5.82 Å². The van der Waals surface area contributed by atoms with E-state index in [1.54, 1.807) is 12.1 Å². The Labute approximate surface area is 118 Å². The number of hydrogen-bond donors (Lipinski definition) is 1. The highest BCUT2D eigenvalue weighted by Crippen LogP contribution is 2.19. The Hall–Kier alpha value is -0.680. The van der Waals surface area contributed by atoms with Gasteiger partial charge in [0.25, 0.3) is 0 Å². The standard InChI is InChI=1S/C14H19ClFNO2/c1-2-17-11(9-14-18-5-6-19-14)7-10-3-4-13(16)12(15)8-10/h3-4,8,11,14,17H,2,5-7,9H2,1H3. The third-order valence-corrected chi connectivity index (χ3v) is 3.42. The van der Waals surface area contributed by atoms with Crippen molar-refractivity contribution in [3.05, 3.63) is 34.6 Å². The largest absolute Gasteiger partial charge is 0.350 e. The number of ether oxygens (including phenoxy) is 2. The Morgan fingerprint density at radius 1 is 1.42 bits per heavy atom. The summed E-state index contributed by atoms with van der Waals surface area (Å²) in [6.45, 7) is 4.24. The molecule has 1 aliphatic rings. The second kappa shape index (κ2) is 7.20. The molecule has 0 radical (unpaired) electrons. The summed E-state index contributed by atoms with van der Waals surface area (Å²) < 4.78 is 24.0. The molecule has 1 heterocycles. The van der Waals surface area contributed by atoms with E-state index in [0.29, 0.717) is 13.2 Å².